The first-order chi connectivity index (χ1) is 17.5. The van der Waals surface area contributed by atoms with E-state index in [1.165, 1.54) is 6.38 Å². The van der Waals surface area contributed by atoms with Crippen LogP contribution >= 0.6 is 11.6 Å². The third-order valence-corrected chi connectivity index (χ3v) is 7.02. The minimum atomic E-state index is -0.468. The number of benzene rings is 3. The van der Waals surface area contributed by atoms with Gasteiger partial charge in [0.2, 0.25) is 0 Å². The fourth-order valence-corrected chi connectivity index (χ4v) is 5.41. The number of phenolic OH excluding ortho intramolecular Hbond substituents is 1. The van der Waals surface area contributed by atoms with Gasteiger partial charge in [0.1, 0.15) is 17.2 Å². The lowest BCUT2D eigenvalue weighted by Gasteiger charge is -2.28. The molecule has 0 radical (unpaired) electrons. The van der Waals surface area contributed by atoms with Gasteiger partial charge in [-0.1, -0.05) is 0 Å². The number of rotatable bonds is 2. The van der Waals surface area contributed by atoms with E-state index in [1.807, 2.05) is 36.4 Å². The highest BCUT2D eigenvalue weighted by Gasteiger charge is 2.30. The van der Waals surface area contributed by atoms with Crippen molar-refractivity contribution in [2.75, 3.05) is 36.4 Å². The number of alkyl halides is 1. The molecule has 0 aliphatic carbocycles. The number of nitrogens with zero attached hydrogens (tertiary/aromatic N) is 2. The quantitative estimate of drug-likeness (QED) is 0.335. The number of fused-ring (bicyclic) bond motifs is 6. The van der Waals surface area contributed by atoms with Gasteiger partial charge in [-0.05, 0) is 72.2 Å². The number of amides is 3. The second-order valence-electron chi connectivity index (χ2n) is 8.81. The molecule has 3 heterocycles. The zero-order chi connectivity index (χ0) is 25.6. The number of ether oxygens (including phenoxy) is 1. The number of H-pyrrole nitrogens is 1. The Balaban J connectivity index is 0.00000130. The van der Waals surface area contributed by atoms with Crippen molar-refractivity contribution in [2.24, 2.45) is 5.73 Å². The minimum Gasteiger partial charge on any atom is -0.507 e. The molecule has 2 aliphatic rings. The van der Waals surface area contributed by atoms with E-state index in [-0.39, 0.29) is 11.7 Å². The third kappa shape index (κ3) is 3.69. The number of anilines is 2. The van der Waals surface area contributed by atoms with Crippen LogP contribution in [0, 0.1) is 0 Å². The number of hydrogen-bond acceptors (Lipinski definition) is 4. The average Bonchev–Trinajstić information content (AvgIpc) is 3.53. The maximum absolute atomic E-state index is 13.6. The van der Waals surface area contributed by atoms with Gasteiger partial charge in [0.25, 0.3) is 5.91 Å². The fraction of sp³-hybridized carbons (Fsp3) is 0.259. The molecule has 4 aromatic rings. The van der Waals surface area contributed by atoms with Crippen molar-refractivity contribution >= 4 is 56.6 Å². The number of aryl methyl sites for hydroxylation is 1. The van der Waals surface area contributed by atoms with E-state index in [2.05, 4.69) is 16.6 Å². The van der Waals surface area contributed by atoms with E-state index < -0.39 is 6.03 Å². The Morgan fingerprint density at radius 2 is 1.72 bits per heavy atom. The van der Waals surface area contributed by atoms with Crippen LogP contribution in [0.1, 0.15) is 28.0 Å². The molecule has 4 N–H and O–H groups in total. The van der Waals surface area contributed by atoms with Gasteiger partial charge in [-0.15, -0.1) is 11.6 Å². The number of phenols is 1. The number of hydrogen-bond donors (Lipinski definition) is 3. The standard InChI is InChI=1S/C26H24N4O4.CH3Cl/c1-34-14-4-5-17-18(11-14)16-8-10-29(23(16)13-24(17)31)25(32)21-12-19-15-3-2-9-30(26(27)33)22(15)7-6-20(19)28-21;1-2/h4-7,11-13,28,31H,2-3,8-10H2,1H3,(H2,27,33);1H3. The Hall–Kier alpha value is -3.91. The van der Waals surface area contributed by atoms with Crippen molar-refractivity contribution in [3.05, 3.63) is 59.3 Å². The fourth-order valence-electron chi connectivity index (χ4n) is 5.41. The maximum Gasteiger partial charge on any atom is 0.319 e. The number of aromatic nitrogens is 1. The van der Waals surface area contributed by atoms with Crippen LogP contribution in [0.3, 0.4) is 0 Å². The lowest BCUT2D eigenvalue weighted by molar-refractivity contribution is 0.0985. The molecule has 0 saturated heterocycles. The SMILES string of the molecule is CCl.COc1ccc2c(O)cc3c(c2c1)CCN3C(=O)c1cc2c3c(ccc2[nH]1)N(C(N)=O)CCC3. The molecule has 36 heavy (non-hydrogen) atoms. The van der Waals surface area contributed by atoms with Crippen molar-refractivity contribution < 1.29 is 19.4 Å². The molecule has 3 aromatic carbocycles. The number of aromatic hydroxyl groups is 1. The Bertz CT molecular complexity index is 1510. The van der Waals surface area contributed by atoms with Gasteiger partial charge in [-0.25, -0.2) is 4.79 Å². The van der Waals surface area contributed by atoms with Gasteiger partial charge in [0.05, 0.1) is 12.8 Å². The van der Waals surface area contributed by atoms with Crippen LogP contribution in [0.5, 0.6) is 11.5 Å². The molecular formula is C27H27ClN4O4. The zero-order valence-electron chi connectivity index (χ0n) is 20.1. The first-order valence-corrected chi connectivity index (χ1v) is 12.5. The summed E-state index contributed by atoms with van der Waals surface area (Å²) in [6, 6.07) is 12.4. The summed E-state index contributed by atoms with van der Waals surface area (Å²) >= 11 is 4.64. The Labute approximate surface area is 213 Å². The van der Waals surface area contributed by atoms with Crippen molar-refractivity contribution in [2.45, 2.75) is 19.3 Å². The predicted octanol–water partition coefficient (Wildman–Crippen LogP) is 4.92. The molecule has 8 nitrogen and oxygen atoms in total. The summed E-state index contributed by atoms with van der Waals surface area (Å²) < 4.78 is 5.37. The van der Waals surface area contributed by atoms with Crippen LogP contribution < -0.4 is 20.3 Å². The number of primary amides is 1. The molecule has 0 bridgehead atoms. The van der Waals surface area contributed by atoms with Crippen LogP contribution in [0.4, 0.5) is 16.2 Å². The zero-order valence-corrected chi connectivity index (χ0v) is 20.9. The summed E-state index contributed by atoms with van der Waals surface area (Å²) in [6.45, 7) is 1.11. The van der Waals surface area contributed by atoms with Crippen molar-refractivity contribution in [3.63, 3.8) is 0 Å². The predicted molar refractivity (Wildman–Crippen MR) is 143 cm³/mol. The number of nitrogens with two attached hydrogens (primary N) is 1. The summed E-state index contributed by atoms with van der Waals surface area (Å²) in [7, 11) is 1.61. The first kappa shape index (κ1) is 23.8. The lowest BCUT2D eigenvalue weighted by atomic mass is 9.98. The number of urea groups is 1. The van der Waals surface area contributed by atoms with E-state index in [9.17, 15) is 14.7 Å². The normalized spacial score (nSPS) is 14.3. The summed E-state index contributed by atoms with van der Waals surface area (Å²) in [5.41, 5.74) is 10.4. The Kier molecular flexibility index (Phi) is 6.14. The topological polar surface area (TPSA) is 112 Å². The number of carbonyl (C=O) groups is 2. The number of nitrogens with one attached hydrogen (secondary N) is 1. The highest BCUT2D eigenvalue weighted by Crippen LogP contribution is 2.42. The number of carbonyl (C=O) groups excluding carboxylic acids is 2. The third-order valence-electron chi connectivity index (χ3n) is 7.02. The lowest BCUT2D eigenvalue weighted by Crippen LogP contribution is -2.39. The van der Waals surface area contributed by atoms with Crippen molar-refractivity contribution in [3.8, 4) is 11.5 Å². The number of methoxy groups -OCH3 is 1. The highest BCUT2D eigenvalue weighted by molar-refractivity contribution is 6.15. The van der Waals surface area contributed by atoms with E-state index in [1.54, 1.807) is 23.0 Å². The molecular weight excluding hydrogens is 480 g/mol. The van der Waals surface area contributed by atoms with Crippen molar-refractivity contribution in [1.29, 1.82) is 0 Å². The smallest absolute Gasteiger partial charge is 0.319 e. The molecule has 0 fully saturated rings. The van der Waals surface area contributed by atoms with Gasteiger partial charge >= 0.3 is 6.03 Å². The summed E-state index contributed by atoms with van der Waals surface area (Å²) in [5.74, 6) is 0.678. The van der Waals surface area contributed by atoms with Gasteiger partial charge in [-0.3, -0.25) is 9.69 Å². The molecule has 186 valence electrons. The number of halogens is 1. The molecule has 6 rings (SSSR count). The van der Waals surface area contributed by atoms with Crippen LogP contribution in [-0.2, 0) is 12.8 Å². The molecule has 0 unspecified atom stereocenters. The molecule has 0 saturated carbocycles. The van der Waals surface area contributed by atoms with Crippen LogP contribution in [0.2, 0.25) is 0 Å². The molecule has 1 aromatic heterocycles. The maximum atomic E-state index is 13.6. The number of aromatic amines is 1. The van der Waals surface area contributed by atoms with Gasteiger partial charge in [-0.2, -0.15) is 0 Å². The first-order valence-electron chi connectivity index (χ1n) is 11.7. The molecule has 3 amide bonds. The van der Waals surface area contributed by atoms with E-state index in [0.717, 1.165) is 51.3 Å². The summed E-state index contributed by atoms with van der Waals surface area (Å²) in [4.78, 5) is 32.0. The summed E-state index contributed by atoms with van der Waals surface area (Å²) in [5, 5.41) is 13.2. The monoisotopic (exact) mass is 506 g/mol. The van der Waals surface area contributed by atoms with Crippen LogP contribution in [-0.4, -0.2) is 48.6 Å². The van der Waals surface area contributed by atoms with E-state index >= 15 is 0 Å². The van der Waals surface area contributed by atoms with E-state index in [0.29, 0.717) is 36.6 Å². The van der Waals surface area contributed by atoms with Gasteiger partial charge in [0.15, 0.2) is 0 Å². The second-order valence-corrected chi connectivity index (χ2v) is 8.81. The van der Waals surface area contributed by atoms with Crippen LogP contribution in [0.25, 0.3) is 21.7 Å². The Morgan fingerprint density at radius 1 is 0.944 bits per heavy atom. The van der Waals surface area contributed by atoms with E-state index in [4.69, 9.17) is 10.5 Å². The minimum absolute atomic E-state index is 0.133. The molecule has 2 aliphatic heterocycles. The average molecular weight is 507 g/mol. The van der Waals surface area contributed by atoms with Crippen LogP contribution in [0.15, 0.2) is 42.5 Å². The Morgan fingerprint density at radius 3 is 2.47 bits per heavy atom. The highest BCUT2D eigenvalue weighted by atomic mass is 35.5. The summed E-state index contributed by atoms with van der Waals surface area (Å²) in [6.07, 6.45) is 3.79. The van der Waals surface area contributed by atoms with Gasteiger partial charge in [0, 0.05) is 47.5 Å². The van der Waals surface area contributed by atoms with Gasteiger partial charge < -0.3 is 25.5 Å². The molecule has 0 spiro atoms. The molecule has 0 atom stereocenters. The van der Waals surface area contributed by atoms with Crippen molar-refractivity contribution in [1.82, 2.24) is 4.98 Å². The largest absolute Gasteiger partial charge is 0.507 e. The second kappa shape index (κ2) is 9.28. The molecule has 9 heteroatoms.